The number of carbonyl (C=O) groups is 1. The molecule has 6 heteroatoms. The van der Waals surface area contributed by atoms with Crippen LogP contribution in [0.1, 0.15) is 21.6 Å². The third kappa shape index (κ3) is 4.05. The van der Waals surface area contributed by atoms with Crippen LogP contribution in [0.5, 0.6) is 0 Å². The Morgan fingerprint density at radius 1 is 1.14 bits per heavy atom. The molecule has 0 fully saturated rings. The summed E-state index contributed by atoms with van der Waals surface area (Å²) in [5.41, 5.74) is 3.77. The number of benzene rings is 2. The van der Waals surface area contributed by atoms with Crippen LogP contribution in [-0.4, -0.2) is 28.1 Å². The molecule has 1 N–H and O–H groups in total. The number of halogens is 1. The lowest BCUT2D eigenvalue weighted by Gasteiger charge is -2.23. The average molecular weight is 394 g/mol. The van der Waals surface area contributed by atoms with E-state index in [-0.39, 0.29) is 5.56 Å². The van der Waals surface area contributed by atoms with E-state index < -0.39 is 5.97 Å². The first-order valence-electron chi connectivity index (χ1n) is 8.72. The van der Waals surface area contributed by atoms with E-state index in [1.807, 2.05) is 37.1 Å². The normalized spacial score (nSPS) is 10.5. The lowest BCUT2D eigenvalue weighted by molar-refractivity contribution is 0.0697. The van der Waals surface area contributed by atoms with Crippen molar-refractivity contribution in [1.29, 1.82) is 0 Å². The molecule has 142 valence electrons. The summed E-state index contributed by atoms with van der Waals surface area (Å²) < 4.78 is 0. The minimum atomic E-state index is -0.954. The van der Waals surface area contributed by atoms with Crippen molar-refractivity contribution in [2.24, 2.45) is 0 Å². The molecule has 0 aliphatic heterocycles. The Morgan fingerprint density at radius 3 is 2.36 bits per heavy atom. The van der Waals surface area contributed by atoms with Gasteiger partial charge in [-0.3, -0.25) is 0 Å². The van der Waals surface area contributed by atoms with Crippen LogP contribution >= 0.6 is 11.6 Å². The van der Waals surface area contributed by atoms with E-state index in [0.29, 0.717) is 17.3 Å². The molecule has 3 rings (SSSR count). The first-order chi connectivity index (χ1) is 13.4. The van der Waals surface area contributed by atoms with Crippen LogP contribution < -0.4 is 4.90 Å². The molecular formula is C22H20ClN3O2. The first kappa shape index (κ1) is 19.6. The molecule has 1 aromatic heterocycles. The lowest BCUT2D eigenvalue weighted by atomic mass is 10.1. The van der Waals surface area contributed by atoms with Gasteiger partial charge in [-0.2, -0.15) is 0 Å². The van der Waals surface area contributed by atoms with Crippen molar-refractivity contribution >= 4 is 29.1 Å². The van der Waals surface area contributed by atoms with Gasteiger partial charge < -0.3 is 10.0 Å². The van der Waals surface area contributed by atoms with Gasteiger partial charge in [-0.1, -0.05) is 17.7 Å². The Balaban J connectivity index is 2.09. The molecule has 2 aromatic carbocycles. The lowest BCUT2D eigenvalue weighted by Crippen LogP contribution is -2.16. The number of anilines is 2. The highest BCUT2D eigenvalue weighted by Gasteiger charge is 2.17. The number of carboxylic acid groups (broad SMARTS) is 1. The maximum absolute atomic E-state index is 11.1. The summed E-state index contributed by atoms with van der Waals surface area (Å²) in [5, 5.41) is 9.76. The van der Waals surface area contributed by atoms with E-state index in [2.05, 4.69) is 11.6 Å². The van der Waals surface area contributed by atoms with Gasteiger partial charge in [-0.25, -0.2) is 14.8 Å². The second-order valence-electron chi connectivity index (χ2n) is 6.35. The van der Waals surface area contributed by atoms with E-state index in [1.165, 1.54) is 0 Å². The van der Waals surface area contributed by atoms with Crippen molar-refractivity contribution in [3.8, 4) is 11.4 Å². The molecule has 0 aliphatic carbocycles. The highest BCUT2D eigenvalue weighted by atomic mass is 35.5. The van der Waals surface area contributed by atoms with Crippen LogP contribution in [-0.2, 0) is 6.42 Å². The van der Waals surface area contributed by atoms with Gasteiger partial charge >= 0.3 is 5.97 Å². The molecule has 0 bridgehead atoms. The number of allylic oxidation sites excluding steroid dienone is 1. The van der Waals surface area contributed by atoms with Crippen LogP contribution in [0.4, 0.5) is 11.5 Å². The van der Waals surface area contributed by atoms with Crippen LogP contribution in [0.15, 0.2) is 61.2 Å². The largest absolute Gasteiger partial charge is 0.478 e. The zero-order valence-electron chi connectivity index (χ0n) is 15.7. The number of hydrogen-bond donors (Lipinski definition) is 1. The Bertz CT molecular complexity index is 1020. The molecule has 28 heavy (non-hydrogen) atoms. The van der Waals surface area contributed by atoms with Crippen LogP contribution in [0, 0.1) is 6.92 Å². The van der Waals surface area contributed by atoms with Gasteiger partial charge in [-0.05, 0) is 61.9 Å². The van der Waals surface area contributed by atoms with Crippen molar-refractivity contribution in [2.75, 3.05) is 11.9 Å². The van der Waals surface area contributed by atoms with Gasteiger partial charge in [-0.15, -0.1) is 6.58 Å². The average Bonchev–Trinajstić information content (AvgIpc) is 2.69. The minimum absolute atomic E-state index is 0.240. The molecule has 0 atom stereocenters. The van der Waals surface area contributed by atoms with Crippen molar-refractivity contribution in [1.82, 2.24) is 9.97 Å². The SMILES string of the molecule is C=CCc1c(C)nc(-c2ccc(Cl)cc2)nc1N(C)c1ccc(C(=O)O)cc1. The fourth-order valence-corrected chi connectivity index (χ4v) is 3.05. The predicted octanol–water partition coefficient (Wildman–Crippen LogP) is 5.30. The second-order valence-corrected chi connectivity index (χ2v) is 6.78. The molecule has 0 radical (unpaired) electrons. The summed E-state index contributed by atoms with van der Waals surface area (Å²) in [6.45, 7) is 5.79. The first-order valence-corrected chi connectivity index (χ1v) is 9.10. The molecule has 1 heterocycles. The van der Waals surface area contributed by atoms with Crippen LogP contribution in [0.25, 0.3) is 11.4 Å². The number of nitrogens with zero attached hydrogens (tertiary/aromatic N) is 3. The maximum Gasteiger partial charge on any atom is 0.335 e. The Morgan fingerprint density at radius 2 is 1.79 bits per heavy atom. The van der Waals surface area contributed by atoms with Crippen molar-refractivity contribution < 1.29 is 9.90 Å². The number of hydrogen-bond acceptors (Lipinski definition) is 4. The summed E-state index contributed by atoms with van der Waals surface area (Å²) >= 11 is 5.99. The maximum atomic E-state index is 11.1. The Labute approximate surface area is 169 Å². The fraction of sp³-hybridized carbons (Fsp3) is 0.136. The van der Waals surface area contributed by atoms with E-state index in [9.17, 15) is 4.79 Å². The van der Waals surface area contributed by atoms with E-state index in [0.717, 1.165) is 28.3 Å². The topological polar surface area (TPSA) is 66.3 Å². The molecule has 0 saturated carbocycles. The molecule has 0 unspecified atom stereocenters. The number of aromatic nitrogens is 2. The highest BCUT2D eigenvalue weighted by molar-refractivity contribution is 6.30. The van der Waals surface area contributed by atoms with E-state index >= 15 is 0 Å². The molecule has 0 aliphatic rings. The van der Waals surface area contributed by atoms with Crippen molar-refractivity contribution in [2.45, 2.75) is 13.3 Å². The summed E-state index contributed by atoms with van der Waals surface area (Å²) in [4.78, 5) is 22.5. The Hall–Kier alpha value is -3.18. The van der Waals surface area contributed by atoms with Crippen LogP contribution in [0.3, 0.4) is 0 Å². The van der Waals surface area contributed by atoms with Crippen LogP contribution in [0.2, 0.25) is 5.02 Å². The molecule has 0 spiro atoms. The summed E-state index contributed by atoms with van der Waals surface area (Å²) in [5.74, 6) is 0.399. The number of aryl methyl sites for hydroxylation is 1. The van der Waals surface area contributed by atoms with Crippen molar-refractivity contribution in [3.05, 3.63) is 83.0 Å². The highest BCUT2D eigenvalue weighted by Crippen LogP contribution is 2.30. The predicted molar refractivity (Wildman–Crippen MR) is 113 cm³/mol. The summed E-state index contributed by atoms with van der Waals surface area (Å²) in [6.07, 6.45) is 2.44. The van der Waals surface area contributed by atoms with Gasteiger partial charge in [0.05, 0.1) is 5.56 Å². The number of aromatic carboxylic acids is 1. The zero-order valence-corrected chi connectivity index (χ0v) is 16.4. The molecular weight excluding hydrogens is 374 g/mol. The second kappa shape index (κ2) is 8.23. The van der Waals surface area contributed by atoms with E-state index in [1.54, 1.807) is 36.4 Å². The monoisotopic (exact) mass is 393 g/mol. The third-order valence-electron chi connectivity index (χ3n) is 4.46. The van der Waals surface area contributed by atoms with Gasteiger partial charge in [0.15, 0.2) is 5.82 Å². The number of rotatable bonds is 6. The summed E-state index contributed by atoms with van der Waals surface area (Å²) in [7, 11) is 1.90. The fourth-order valence-electron chi connectivity index (χ4n) is 2.92. The smallest absolute Gasteiger partial charge is 0.335 e. The quantitative estimate of drug-likeness (QED) is 0.575. The van der Waals surface area contributed by atoms with Gasteiger partial charge in [0, 0.05) is 34.6 Å². The Kier molecular flexibility index (Phi) is 5.76. The summed E-state index contributed by atoms with van der Waals surface area (Å²) in [6, 6.07) is 14.1. The standard InChI is InChI=1S/C22H20ClN3O2/c1-4-5-19-14(2)24-20(15-6-10-17(23)11-7-15)25-21(19)26(3)18-12-8-16(9-13-18)22(27)28/h4,6-13H,1,5H2,2-3H3,(H,27,28). The van der Waals surface area contributed by atoms with E-state index in [4.69, 9.17) is 21.7 Å². The third-order valence-corrected chi connectivity index (χ3v) is 4.71. The molecule has 0 amide bonds. The minimum Gasteiger partial charge on any atom is -0.478 e. The van der Waals surface area contributed by atoms with Gasteiger partial charge in [0.1, 0.15) is 5.82 Å². The number of carboxylic acids is 1. The van der Waals surface area contributed by atoms with Gasteiger partial charge in [0.2, 0.25) is 0 Å². The molecule has 5 nitrogen and oxygen atoms in total. The van der Waals surface area contributed by atoms with Crippen molar-refractivity contribution in [3.63, 3.8) is 0 Å². The zero-order chi connectivity index (χ0) is 20.3. The van der Waals surface area contributed by atoms with Gasteiger partial charge in [0.25, 0.3) is 0 Å². The molecule has 0 saturated heterocycles. The molecule has 3 aromatic rings.